The van der Waals surface area contributed by atoms with Crippen LogP contribution in [0.3, 0.4) is 0 Å². The Labute approximate surface area is 120 Å². The summed E-state index contributed by atoms with van der Waals surface area (Å²) in [6.07, 6.45) is 0. The van der Waals surface area contributed by atoms with Gasteiger partial charge in [-0.05, 0) is 17.7 Å². The summed E-state index contributed by atoms with van der Waals surface area (Å²) in [7, 11) is 1.59. The van der Waals surface area contributed by atoms with E-state index in [1.807, 2.05) is 60.7 Å². The molecule has 0 spiro atoms. The van der Waals surface area contributed by atoms with Crippen molar-refractivity contribution in [3.8, 4) is 22.0 Å². The van der Waals surface area contributed by atoms with E-state index >= 15 is 0 Å². The van der Waals surface area contributed by atoms with Crippen molar-refractivity contribution in [2.75, 3.05) is 7.11 Å². The molecule has 0 aliphatic heterocycles. The van der Waals surface area contributed by atoms with E-state index in [4.69, 9.17) is 4.74 Å². The van der Waals surface area contributed by atoms with Crippen LogP contribution < -0.4 is 9.61 Å². The summed E-state index contributed by atoms with van der Waals surface area (Å²) >= 11 is 1.20. The van der Waals surface area contributed by atoms with Gasteiger partial charge in [0.25, 0.3) is 0 Å². The average Bonchev–Trinajstić information content (AvgIpc) is 2.85. The first kappa shape index (κ1) is 12.7. The number of hydrogen-bond donors (Lipinski definition) is 0. The van der Waals surface area contributed by atoms with Gasteiger partial charge in [0, 0.05) is 0 Å². The molecule has 3 rings (SSSR count). The average molecular weight is 283 g/mol. The van der Waals surface area contributed by atoms with Gasteiger partial charge in [0.15, 0.2) is 0 Å². The summed E-state index contributed by atoms with van der Waals surface area (Å²) < 4.78 is 7.08. The molecule has 0 atom stereocenters. The van der Waals surface area contributed by atoms with Crippen molar-refractivity contribution in [3.05, 3.63) is 70.3 Å². The maximum absolute atomic E-state index is 12.3. The van der Waals surface area contributed by atoms with Gasteiger partial charge in [-0.3, -0.25) is 4.79 Å². The summed E-state index contributed by atoms with van der Waals surface area (Å²) in [5, 5.41) is 0. The highest BCUT2D eigenvalue weighted by molar-refractivity contribution is 7.13. The number of methoxy groups -OCH3 is 1. The molecule has 1 heterocycles. The fraction of sp³-hybridized carbons (Fsp3) is 0.0625. The van der Waals surface area contributed by atoms with E-state index in [0.29, 0.717) is 5.88 Å². The second-order valence-corrected chi connectivity index (χ2v) is 5.20. The van der Waals surface area contributed by atoms with Gasteiger partial charge in [0.2, 0.25) is 5.88 Å². The number of hydrogen-bond acceptors (Lipinski definition) is 3. The number of aromatic nitrogens is 1. The second kappa shape index (κ2) is 5.35. The van der Waals surface area contributed by atoms with Crippen molar-refractivity contribution in [1.29, 1.82) is 0 Å². The highest BCUT2D eigenvalue weighted by Crippen LogP contribution is 2.34. The molecule has 0 bridgehead atoms. The van der Waals surface area contributed by atoms with E-state index in [1.54, 1.807) is 11.7 Å². The monoisotopic (exact) mass is 283 g/mol. The maximum atomic E-state index is 12.3. The van der Waals surface area contributed by atoms with E-state index in [9.17, 15) is 4.79 Å². The predicted molar refractivity (Wildman–Crippen MR) is 81.9 cm³/mol. The van der Waals surface area contributed by atoms with Crippen LogP contribution in [0.4, 0.5) is 0 Å². The zero-order chi connectivity index (χ0) is 13.9. The zero-order valence-corrected chi connectivity index (χ0v) is 11.8. The SMILES string of the molecule is COc1c(-c2ccccc2)sc(=O)n1-c1ccccc1. The Morgan fingerprint density at radius 1 is 0.950 bits per heavy atom. The lowest BCUT2D eigenvalue weighted by atomic mass is 10.2. The predicted octanol–water partition coefficient (Wildman–Crippen LogP) is 3.57. The molecule has 0 saturated heterocycles. The fourth-order valence-corrected chi connectivity index (χ4v) is 3.09. The number of nitrogens with zero attached hydrogens (tertiary/aromatic N) is 1. The van der Waals surface area contributed by atoms with Crippen LogP contribution in [0.15, 0.2) is 65.5 Å². The fourth-order valence-electron chi connectivity index (χ4n) is 2.12. The molecule has 4 heteroatoms. The van der Waals surface area contributed by atoms with Crippen LogP contribution in [0.5, 0.6) is 5.88 Å². The van der Waals surface area contributed by atoms with Gasteiger partial charge in [-0.25, -0.2) is 4.57 Å². The van der Waals surface area contributed by atoms with Crippen LogP contribution in [0.2, 0.25) is 0 Å². The Kier molecular flexibility index (Phi) is 3.39. The van der Waals surface area contributed by atoms with Crippen LogP contribution in [-0.4, -0.2) is 11.7 Å². The van der Waals surface area contributed by atoms with Gasteiger partial charge < -0.3 is 4.74 Å². The smallest absolute Gasteiger partial charge is 0.315 e. The summed E-state index contributed by atoms with van der Waals surface area (Å²) in [5.41, 5.74) is 1.80. The van der Waals surface area contributed by atoms with Crippen molar-refractivity contribution >= 4 is 11.3 Å². The molecule has 1 aromatic heterocycles. The van der Waals surface area contributed by atoms with Crippen LogP contribution in [-0.2, 0) is 0 Å². The van der Waals surface area contributed by atoms with E-state index in [0.717, 1.165) is 16.1 Å². The van der Waals surface area contributed by atoms with Gasteiger partial charge in [-0.15, -0.1) is 0 Å². The van der Waals surface area contributed by atoms with Gasteiger partial charge in [-0.2, -0.15) is 0 Å². The summed E-state index contributed by atoms with van der Waals surface area (Å²) in [5.74, 6) is 0.581. The van der Waals surface area contributed by atoms with Gasteiger partial charge in [-0.1, -0.05) is 59.9 Å². The molecular formula is C16H13NO2S. The number of ether oxygens (including phenoxy) is 1. The molecule has 20 heavy (non-hydrogen) atoms. The van der Waals surface area contributed by atoms with Gasteiger partial charge in [0.1, 0.15) is 4.88 Å². The molecule has 0 unspecified atom stereocenters. The number of para-hydroxylation sites is 1. The number of rotatable bonds is 3. The van der Waals surface area contributed by atoms with Crippen LogP contribution >= 0.6 is 11.3 Å². The van der Waals surface area contributed by atoms with Crippen LogP contribution in [0.1, 0.15) is 0 Å². The van der Waals surface area contributed by atoms with E-state index in [1.165, 1.54) is 11.3 Å². The third kappa shape index (κ3) is 2.14. The molecule has 2 aromatic carbocycles. The van der Waals surface area contributed by atoms with Crippen LogP contribution in [0, 0.1) is 0 Å². The van der Waals surface area contributed by atoms with Crippen molar-refractivity contribution in [2.24, 2.45) is 0 Å². The first-order valence-corrected chi connectivity index (χ1v) is 7.03. The van der Waals surface area contributed by atoms with Crippen molar-refractivity contribution in [1.82, 2.24) is 4.57 Å². The Morgan fingerprint density at radius 2 is 1.55 bits per heavy atom. The highest BCUT2D eigenvalue weighted by atomic mass is 32.1. The Morgan fingerprint density at radius 3 is 2.15 bits per heavy atom. The zero-order valence-electron chi connectivity index (χ0n) is 10.9. The third-order valence-corrected chi connectivity index (χ3v) is 3.98. The maximum Gasteiger partial charge on any atom is 0.315 e. The van der Waals surface area contributed by atoms with Gasteiger partial charge >= 0.3 is 4.87 Å². The minimum Gasteiger partial charge on any atom is -0.481 e. The topological polar surface area (TPSA) is 31.2 Å². The summed E-state index contributed by atoms with van der Waals surface area (Å²) in [6, 6.07) is 19.3. The molecule has 0 N–H and O–H groups in total. The lowest BCUT2D eigenvalue weighted by Crippen LogP contribution is -2.11. The first-order chi connectivity index (χ1) is 9.81. The molecule has 0 amide bonds. The van der Waals surface area contributed by atoms with Gasteiger partial charge in [0.05, 0.1) is 12.8 Å². The molecule has 0 aliphatic carbocycles. The Balaban J connectivity index is 2.23. The molecule has 3 nitrogen and oxygen atoms in total. The summed E-state index contributed by atoms with van der Waals surface area (Å²) in [6.45, 7) is 0. The highest BCUT2D eigenvalue weighted by Gasteiger charge is 2.17. The molecule has 100 valence electrons. The summed E-state index contributed by atoms with van der Waals surface area (Å²) in [4.78, 5) is 13.1. The standard InChI is InChI=1S/C16H13NO2S/c1-19-15-14(12-8-4-2-5-9-12)20-16(18)17(15)13-10-6-3-7-11-13/h2-11H,1H3. The second-order valence-electron chi connectivity index (χ2n) is 4.24. The van der Waals surface area contributed by atoms with E-state index < -0.39 is 0 Å². The third-order valence-electron chi connectivity index (χ3n) is 3.01. The van der Waals surface area contributed by atoms with Crippen LogP contribution in [0.25, 0.3) is 16.1 Å². The minimum absolute atomic E-state index is 0.0492. The van der Waals surface area contributed by atoms with E-state index in [2.05, 4.69) is 0 Å². The Bertz CT molecular complexity index is 760. The molecule has 0 fully saturated rings. The number of benzene rings is 2. The first-order valence-electron chi connectivity index (χ1n) is 6.22. The number of thiazole rings is 1. The molecule has 0 radical (unpaired) electrons. The molecule has 0 saturated carbocycles. The lowest BCUT2D eigenvalue weighted by Gasteiger charge is -2.08. The normalized spacial score (nSPS) is 10.4. The molecule has 0 aliphatic rings. The van der Waals surface area contributed by atoms with Crippen molar-refractivity contribution in [3.63, 3.8) is 0 Å². The Hall–Kier alpha value is -2.33. The molecular weight excluding hydrogens is 270 g/mol. The quantitative estimate of drug-likeness (QED) is 0.735. The lowest BCUT2D eigenvalue weighted by molar-refractivity contribution is 0.390. The van der Waals surface area contributed by atoms with E-state index in [-0.39, 0.29) is 4.87 Å². The van der Waals surface area contributed by atoms with Crippen molar-refractivity contribution < 1.29 is 4.74 Å². The molecule has 3 aromatic rings. The largest absolute Gasteiger partial charge is 0.481 e. The minimum atomic E-state index is -0.0492. The van der Waals surface area contributed by atoms with Crippen molar-refractivity contribution in [2.45, 2.75) is 0 Å².